The number of rotatable bonds is 0. The number of anilines is 1. The molecular weight excluding hydrogens is 227 g/mol. The Bertz CT molecular complexity index is 488. The van der Waals surface area contributed by atoms with E-state index in [1.165, 1.54) is 30.2 Å². The molecule has 1 amide bonds. The molecule has 1 heterocycles. The minimum absolute atomic E-state index is 0.338. The van der Waals surface area contributed by atoms with Crippen molar-refractivity contribution in [1.29, 1.82) is 0 Å². The van der Waals surface area contributed by atoms with Gasteiger partial charge in [0.25, 0.3) is 0 Å². The zero-order valence-electron chi connectivity index (χ0n) is 9.18. The Morgan fingerprint density at radius 3 is 3.00 bits per heavy atom. The lowest BCUT2D eigenvalue weighted by atomic mass is 10.00. The summed E-state index contributed by atoms with van der Waals surface area (Å²) in [5.74, 6) is -0.448. The zero-order valence-corrected chi connectivity index (χ0v) is 9.18. The molecule has 1 aromatic rings. The molecule has 2 rings (SSSR count). The Kier molecular flexibility index (Phi) is 2.95. The molecule has 1 aliphatic heterocycles. The van der Waals surface area contributed by atoms with Gasteiger partial charge in [0, 0.05) is 18.5 Å². The second-order valence-corrected chi connectivity index (χ2v) is 3.58. The van der Waals surface area contributed by atoms with Gasteiger partial charge < -0.3 is 9.94 Å². The van der Waals surface area contributed by atoms with Gasteiger partial charge in [-0.3, -0.25) is 4.90 Å². The van der Waals surface area contributed by atoms with Crippen LogP contribution >= 0.6 is 0 Å². The van der Waals surface area contributed by atoms with Crippen LogP contribution in [0.3, 0.4) is 0 Å². The second kappa shape index (κ2) is 4.40. The number of carbonyl (C=O) groups excluding carboxylic acids is 1. The van der Waals surface area contributed by atoms with E-state index in [1.54, 1.807) is 0 Å². The van der Waals surface area contributed by atoms with Crippen LogP contribution in [0.2, 0.25) is 0 Å². The van der Waals surface area contributed by atoms with Crippen LogP contribution in [0.15, 0.2) is 23.4 Å². The predicted molar refractivity (Wildman–Crippen MR) is 59.1 cm³/mol. The molecule has 0 unspecified atom stereocenters. The van der Waals surface area contributed by atoms with Crippen molar-refractivity contribution < 1.29 is 19.1 Å². The largest absolute Gasteiger partial charge is 0.452 e. The van der Waals surface area contributed by atoms with Crippen molar-refractivity contribution in [1.82, 2.24) is 0 Å². The normalized spacial score (nSPS) is 16.8. The zero-order chi connectivity index (χ0) is 12.4. The van der Waals surface area contributed by atoms with Crippen LogP contribution in [0.4, 0.5) is 14.9 Å². The van der Waals surface area contributed by atoms with Crippen molar-refractivity contribution in [2.75, 3.05) is 18.6 Å². The molecule has 6 heteroatoms. The fourth-order valence-electron chi connectivity index (χ4n) is 1.85. The molecule has 1 aromatic carbocycles. The number of nitrogens with zero attached hydrogens (tertiary/aromatic N) is 2. The lowest BCUT2D eigenvalue weighted by Crippen LogP contribution is -2.37. The third-order valence-electron chi connectivity index (χ3n) is 2.65. The molecular formula is C11H11FN2O3. The maximum atomic E-state index is 13.1. The van der Waals surface area contributed by atoms with Crippen LogP contribution in [-0.2, 0) is 4.74 Å². The molecule has 0 fully saturated rings. The van der Waals surface area contributed by atoms with Crippen LogP contribution in [0, 0.1) is 5.82 Å². The molecule has 0 aliphatic carbocycles. The smallest absolute Gasteiger partial charge is 0.414 e. The minimum atomic E-state index is -0.519. The summed E-state index contributed by atoms with van der Waals surface area (Å²) < 4.78 is 17.8. The lowest BCUT2D eigenvalue weighted by molar-refractivity contribution is 0.178. The molecule has 0 atom stereocenters. The SMILES string of the molecule is COC(=O)N1CC/C(=N\O)c2cc(F)ccc21. The Morgan fingerprint density at radius 1 is 1.59 bits per heavy atom. The number of hydrogen-bond acceptors (Lipinski definition) is 4. The third-order valence-corrected chi connectivity index (χ3v) is 2.65. The van der Waals surface area contributed by atoms with E-state index in [-0.39, 0.29) is 0 Å². The number of ether oxygens (including phenoxy) is 1. The fraction of sp³-hybridized carbons (Fsp3) is 0.273. The number of benzene rings is 1. The molecule has 0 saturated heterocycles. The van der Waals surface area contributed by atoms with Crippen molar-refractivity contribution >= 4 is 17.5 Å². The van der Waals surface area contributed by atoms with Crippen molar-refractivity contribution in [2.45, 2.75) is 6.42 Å². The first-order valence-electron chi connectivity index (χ1n) is 5.03. The summed E-state index contributed by atoms with van der Waals surface area (Å²) in [6, 6.07) is 3.94. The van der Waals surface area contributed by atoms with Crippen LogP contribution in [0.1, 0.15) is 12.0 Å². The van der Waals surface area contributed by atoms with E-state index in [0.29, 0.717) is 29.9 Å². The van der Waals surface area contributed by atoms with Crippen LogP contribution in [0.5, 0.6) is 0 Å². The van der Waals surface area contributed by atoms with Gasteiger partial charge in [0.15, 0.2) is 0 Å². The van der Waals surface area contributed by atoms with Gasteiger partial charge in [-0.15, -0.1) is 0 Å². The molecule has 0 spiro atoms. The first-order valence-corrected chi connectivity index (χ1v) is 5.03. The van der Waals surface area contributed by atoms with E-state index in [0.717, 1.165) is 0 Å². The fourth-order valence-corrected chi connectivity index (χ4v) is 1.85. The second-order valence-electron chi connectivity index (χ2n) is 3.58. The Balaban J connectivity index is 2.51. The van der Waals surface area contributed by atoms with E-state index >= 15 is 0 Å². The number of halogens is 1. The van der Waals surface area contributed by atoms with Gasteiger partial charge in [-0.1, -0.05) is 5.16 Å². The van der Waals surface area contributed by atoms with Gasteiger partial charge in [0.05, 0.1) is 18.5 Å². The highest BCUT2D eigenvalue weighted by atomic mass is 19.1. The van der Waals surface area contributed by atoms with Gasteiger partial charge in [-0.2, -0.15) is 0 Å². The maximum absolute atomic E-state index is 13.1. The number of hydrogen-bond donors (Lipinski definition) is 1. The summed E-state index contributed by atoms with van der Waals surface area (Å²) in [5, 5.41) is 12.0. The summed E-state index contributed by atoms with van der Waals surface area (Å²) in [6.45, 7) is 0.338. The first kappa shape index (κ1) is 11.4. The quantitative estimate of drug-likeness (QED) is 0.555. The lowest BCUT2D eigenvalue weighted by Gasteiger charge is -2.28. The number of methoxy groups -OCH3 is 1. The average molecular weight is 238 g/mol. The van der Waals surface area contributed by atoms with Crippen molar-refractivity contribution in [3.63, 3.8) is 0 Å². The molecule has 0 saturated carbocycles. The first-order chi connectivity index (χ1) is 8.17. The molecule has 5 nitrogen and oxygen atoms in total. The molecule has 1 aliphatic rings. The van der Waals surface area contributed by atoms with Crippen molar-refractivity contribution in [3.05, 3.63) is 29.6 Å². The molecule has 0 bridgehead atoms. The van der Waals surface area contributed by atoms with Gasteiger partial charge in [0.2, 0.25) is 0 Å². The Hall–Kier alpha value is -2.11. The summed E-state index contributed by atoms with van der Waals surface area (Å²) in [7, 11) is 1.28. The summed E-state index contributed by atoms with van der Waals surface area (Å²) in [6.07, 6.45) is -0.169. The number of amides is 1. The monoisotopic (exact) mass is 238 g/mol. The van der Waals surface area contributed by atoms with E-state index in [2.05, 4.69) is 9.89 Å². The summed E-state index contributed by atoms with van der Waals surface area (Å²) in [5.41, 5.74) is 1.25. The molecule has 1 N–H and O–H groups in total. The van der Waals surface area contributed by atoms with E-state index in [1.807, 2.05) is 0 Å². The van der Waals surface area contributed by atoms with E-state index < -0.39 is 11.9 Å². The minimum Gasteiger partial charge on any atom is -0.452 e. The highest BCUT2D eigenvalue weighted by Gasteiger charge is 2.27. The standard InChI is InChI=1S/C11H11FN2O3/c1-17-11(15)14-5-4-9(13-16)8-6-7(12)2-3-10(8)14/h2-3,6,16H,4-5H2,1H3/b13-9+. The molecule has 90 valence electrons. The highest BCUT2D eigenvalue weighted by molar-refractivity contribution is 6.10. The summed E-state index contributed by atoms with van der Waals surface area (Å²) in [4.78, 5) is 12.9. The number of oxime groups is 1. The topological polar surface area (TPSA) is 62.1 Å². The summed E-state index contributed by atoms with van der Waals surface area (Å²) >= 11 is 0. The van der Waals surface area contributed by atoms with E-state index in [4.69, 9.17) is 5.21 Å². The van der Waals surface area contributed by atoms with Gasteiger partial charge in [0.1, 0.15) is 5.82 Å². The Labute approximate surface area is 97.1 Å². The number of fused-ring (bicyclic) bond motifs is 1. The Morgan fingerprint density at radius 2 is 2.35 bits per heavy atom. The van der Waals surface area contributed by atoms with E-state index in [9.17, 15) is 9.18 Å². The molecule has 0 aromatic heterocycles. The molecule has 17 heavy (non-hydrogen) atoms. The van der Waals surface area contributed by atoms with Crippen molar-refractivity contribution in [3.8, 4) is 0 Å². The van der Waals surface area contributed by atoms with Crippen molar-refractivity contribution in [2.24, 2.45) is 5.16 Å². The van der Waals surface area contributed by atoms with Gasteiger partial charge >= 0.3 is 6.09 Å². The van der Waals surface area contributed by atoms with Crippen LogP contribution < -0.4 is 4.90 Å². The highest BCUT2D eigenvalue weighted by Crippen LogP contribution is 2.28. The van der Waals surface area contributed by atoms with Gasteiger partial charge in [-0.25, -0.2) is 9.18 Å². The third kappa shape index (κ3) is 1.93. The van der Waals surface area contributed by atoms with Crippen LogP contribution in [0.25, 0.3) is 0 Å². The van der Waals surface area contributed by atoms with Gasteiger partial charge in [-0.05, 0) is 18.2 Å². The predicted octanol–water partition coefficient (Wildman–Crippen LogP) is 1.98. The van der Waals surface area contributed by atoms with Crippen LogP contribution in [-0.4, -0.2) is 30.7 Å². The number of carbonyl (C=O) groups is 1. The maximum Gasteiger partial charge on any atom is 0.414 e. The molecule has 0 radical (unpaired) electrons. The average Bonchev–Trinajstić information content (AvgIpc) is 2.36.